The maximum Gasteiger partial charge on any atom is 0.310 e. The van der Waals surface area contributed by atoms with Gasteiger partial charge in [0.2, 0.25) is 0 Å². The maximum atomic E-state index is 12.3. The number of aryl methyl sites for hydroxylation is 1. The van der Waals surface area contributed by atoms with Crippen LogP contribution in [0.5, 0.6) is 0 Å². The van der Waals surface area contributed by atoms with Gasteiger partial charge in [0.1, 0.15) is 0 Å². The predicted molar refractivity (Wildman–Crippen MR) is 72.5 cm³/mol. The predicted octanol–water partition coefficient (Wildman–Crippen LogP) is 2.90. The van der Waals surface area contributed by atoms with Gasteiger partial charge in [-0.25, -0.2) is 4.98 Å². The van der Waals surface area contributed by atoms with Gasteiger partial charge in [-0.15, -0.1) is 11.3 Å². The Morgan fingerprint density at radius 3 is 2.84 bits per heavy atom. The highest BCUT2D eigenvalue weighted by atomic mass is 32.1. The van der Waals surface area contributed by atoms with Gasteiger partial charge in [0.25, 0.3) is 0 Å². The van der Waals surface area contributed by atoms with E-state index >= 15 is 0 Å². The van der Waals surface area contributed by atoms with Gasteiger partial charge in [-0.3, -0.25) is 9.59 Å². The number of carbonyl (C=O) groups excluding carboxylic acids is 1. The standard InChI is InChI=1S/C14H13NO3S/c1-7-15-10-4-3-8(5-11(10)19-7)12(16)9-6-14(9,2)13(17)18/h3-5,9H,6H2,1-2H3,(H,17,18)/t9-,14+/m1/s1. The van der Waals surface area contributed by atoms with Crippen LogP contribution in [0.1, 0.15) is 28.7 Å². The van der Waals surface area contributed by atoms with Crippen LogP contribution in [-0.2, 0) is 4.79 Å². The fraction of sp³-hybridized carbons (Fsp3) is 0.357. The second kappa shape index (κ2) is 3.87. The lowest BCUT2D eigenvalue weighted by Gasteiger charge is -2.04. The molecule has 1 saturated carbocycles. The van der Waals surface area contributed by atoms with E-state index in [-0.39, 0.29) is 5.78 Å². The summed E-state index contributed by atoms with van der Waals surface area (Å²) in [6, 6.07) is 5.39. The van der Waals surface area contributed by atoms with Gasteiger partial charge in [0.15, 0.2) is 5.78 Å². The molecule has 1 aliphatic carbocycles. The molecule has 0 spiro atoms. The molecule has 1 N–H and O–H groups in total. The van der Waals surface area contributed by atoms with Gasteiger partial charge in [-0.1, -0.05) is 0 Å². The Balaban J connectivity index is 1.93. The van der Waals surface area contributed by atoms with Crippen molar-refractivity contribution in [1.82, 2.24) is 4.98 Å². The van der Waals surface area contributed by atoms with E-state index in [2.05, 4.69) is 4.98 Å². The molecule has 0 radical (unpaired) electrons. The lowest BCUT2D eigenvalue weighted by Crippen LogP contribution is -2.17. The molecule has 1 aromatic heterocycles. The summed E-state index contributed by atoms with van der Waals surface area (Å²) in [5, 5.41) is 10.1. The number of nitrogens with zero attached hydrogens (tertiary/aromatic N) is 1. The molecule has 1 aliphatic rings. The monoisotopic (exact) mass is 275 g/mol. The molecule has 1 fully saturated rings. The summed E-state index contributed by atoms with van der Waals surface area (Å²) in [6.07, 6.45) is 0.431. The largest absolute Gasteiger partial charge is 0.481 e. The summed E-state index contributed by atoms with van der Waals surface area (Å²) in [5.74, 6) is -1.35. The Bertz CT molecular complexity index is 706. The van der Waals surface area contributed by atoms with Crippen molar-refractivity contribution in [2.45, 2.75) is 20.3 Å². The van der Waals surface area contributed by atoms with Crippen molar-refractivity contribution < 1.29 is 14.7 Å². The molecular weight excluding hydrogens is 262 g/mol. The first kappa shape index (κ1) is 12.3. The van der Waals surface area contributed by atoms with Crippen molar-refractivity contribution in [1.29, 1.82) is 0 Å². The number of carboxylic acid groups (broad SMARTS) is 1. The van der Waals surface area contributed by atoms with Gasteiger partial charge in [-0.05, 0) is 38.5 Å². The number of hydrogen-bond acceptors (Lipinski definition) is 4. The minimum absolute atomic E-state index is 0.0714. The third-order valence-electron chi connectivity index (χ3n) is 3.82. The quantitative estimate of drug-likeness (QED) is 0.875. The fourth-order valence-electron chi connectivity index (χ4n) is 2.38. The van der Waals surface area contributed by atoms with Crippen LogP contribution in [0.2, 0.25) is 0 Å². The Morgan fingerprint density at radius 1 is 1.47 bits per heavy atom. The summed E-state index contributed by atoms with van der Waals surface area (Å²) in [7, 11) is 0. The van der Waals surface area contributed by atoms with Crippen molar-refractivity contribution in [3.8, 4) is 0 Å². The molecule has 1 heterocycles. The first-order valence-electron chi connectivity index (χ1n) is 6.06. The van der Waals surface area contributed by atoms with E-state index in [1.807, 2.05) is 19.1 Å². The van der Waals surface area contributed by atoms with Crippen molar-refractivity contribution in [3.63, 3.8) is 0 Å². The zero-order chi connectivity index (χ0) is 13.8. The van der Waals surface area contributed by atoms with Crippen LogP contribution < -0.4 is 0 Å². The average Bonchev–Trinajstić information content (AvgIpc) is 2.91. The molecule has 2 atom stereocenters. The molecular formula is C14H13NO3S. The number of benzene rings is 1. The second-order valence-corrected chi connectivity index (χ2v) is 6.49. The minimum Gasteiger partial charge on any atom is -0.481 e. The van der Waals surface area contributed by atoms with Crippen LogP contribution in [0.25, 0.3) is 10.2 Å². The molecule has 0 amide bonds. The van der Waals surface area contributed by atoms with Crippen LogP contribution in [0.3, 0.4) is 0 Å². The van der Waals surface area contributed by atoms with Crippen LogP contribution in [0, 0.1) is 18.3 Å². The summed E-state index contributed by atoms with van der Waals surface area (Å²) in [5.41, 5.74) is 0.595. The number of hydrogen-bond donors (Lipinski definition) is 1. The van der Waals surface area contributed by atoms with Crippen molar-refractivity contribution in [2.75, 3.05) is 0 Å². The number of thiazole rings is 1. The highest BCUT2D eigenvalue weighted by molar-refractivity contribution is 7.18. The molecule has 0 bridgehead atoms. The Morgan fingerprint density at radius 2 is 2.21 bits per heavy atom. The molecule has 0 aliphatic heterocycles. The number of fused-ring (bicyclic) bond motifs is 1. The molecule has 98 valence electrons. The number of rotatable bonds is 3. The molecule has 0 saturated heterocycles. The van der Waals surface area contributed by atoms with E-state index in [1.165, 1.54) is 0 Å². The minimum atomic E-state index is -0.888. The number of aromatic nitrogens is 1. The van der Waals surface area contributed by atoms with Crippen LogP contribution >= 0.6 is 11.3 Å². The number of aliphatic carboxylic acids is 1. The molecule has 3 rings (SSSR count). The van der Waals surface area contributed by atoms with Crippen molar-refractivity contribution in [2.24, 2.45) is 11.3 Å². The van der Waals surface area contributed by atoms with Crippen molar-refractivity contribution >= 4 is 33.3 Å². The summed E-state index contributed by atoms with van der Waals surface area (Å²) >= 11 is 1.54. The average molecular weight is 275 g/mol. The summed E-state index contributed by atoms with van der Waals surface area (Å²) in [6.45, 7) is 3.56. The van der Waals surface area contributed by atoms with E-state index in [9.17, 15) is 9.59 Å². The third-order valence-corrected chi connectivity index (χ3v) is 4.76. The first-order chi connectivity index (χ1) is 8.91. The molecule has 5 heteroatoms. The highest BCUT2D eigenvalue weighted by Crippen LogP contribution is 2.53. The van der Waals surface area contributed by atoms with Gasteiger partial charge in [0.05, 0.1) is 20.6 Å². The Kier molecular flexibility index (Phi) is 2.50. The van der Waals surface area contributed by atoms with E-state index < -0.39 is 17.3 Å². The Hall–Kier alpha value is -1.75. The van der Waals surface area contributed by atoms with Crippen LogP contribution in [0.4, 0.5) is 0 Å². The normalized spacial score (nSPS) is 25.5. The molecule has 2 aromatic rings. The lowest BCUT2D eigenvalue weighted by molar-refractivity contribution is -0.143. The molecule has 19 heavy (non-hydrogen) atoms. The SMILES string of the molecule is Cc1nc2ccc(C(=O)[C@H]3C[C@]3(C)C(=O)O)cc2s1. The molecule has 4 nitrogen and oxygen atoms in total. The number of carbonyl (C=O) groups is 2. The smallest absolute Gasteiger partial charge is 0.310 e. The molecule has 1 aromatic carbocycles. The fourth-order valence-corrected chi connectivity index (χ4v) is 3.24. The van der Waals surface area contributed by atoms with E-state index in [0.717, 1.165) is 15.2 Å². The van der Waals surface area contributed by atoms with Gasteiger partial charge in [-0.2, -0.15) is 0 Å². The number of ketones is 1. The maximum absolute atomic E-state index is 12.3. The molecule has 0 unspecified atom stereocenters. The topological polar surface area (TPSA) is 67.3 Å². The Labute approximate surface area is 114 Å². The van der Waals surface area contributed by atoms with Crippen LogP contribution in [-0.4, -0.2) is 21.8 Å². The van der Waals surface area contributed by atoms with Gasteiger partial charge in [0, 0.05) is 11.5 Å². The number of carboxylic acids is 1. The number of Topliss-reactive ketones (excluding diaryl/α,β-unsaturated/α-hetero) is 1. The van der Waals surface area contributed by atoms with E-state index in [1.54, 1.807) is 24.3 Å². The van der Waals surface area contributed by atoms with Gasteiger partial charge >= 0.3 is 5.97 Å². The van der Waals surface area contributed by atoms with Gasteiger partial charge < -0.3 is 5.11 Å². The van der Waals surface area contributed by atoms with Crippen molar-refractivity contribution in [3.05, 3.63) is 28.8 Å². The summed E-state index contributed by atoms with van der Waals surface area (Å²) in [4.78, 5) is 27.7. The van der Waals surface area contributed by atoms with E-state index in [0.29, 0.717) is 12.0 Å². The van der Waals surface area contributed by atoms with E-state index in [4.69, 9.17) is 5.11 Å². The zero-order valence-corrected chi connectivity index (χ0v) is 11.5. The lowest BCUT2D eigenvalue weighted by atomic mass is 10.00. The zero-order valence-electron chi connectivity index (χ0n) is 10.6. The van der Waals surface area contributed by atoms with Crippen LogP contribution in [0.15, 0.2) is 18.2 Å². The first-order valence-corrected chi connectivity index (χ1v) is 6.88. The summed E-state index contributed by atoms with van der Waals surface area (Å²) < 4.78 is 0.973. The third kappa shape index (κ3) is 1.85. The second-order valence-electron chi connectivity index (χ2n) is 5.26. The highest BCUT2D eigenvalue weighted by Gasteiger charge is 2.60.